The minimum Gasteiger partial charge on any atom is -0.755 e. The van der Waals surface area contributed by atoms with Crippen LogP contribution in [0.4, 0.5) is 18.9 Å². The first kappa shape index (κ1) is 22.9. The average Bonchev–Trinajstić information content (AvgIpc) is 2.73. The summed E-state index contributed by atoms with van der Waals surface area (Å²) in [7, 11) is 0. The molecule has 1 saturated heterocycles. The van der Waals surface area contributed by atoms with E-state index in [1.807, 2.05) is 0 Å². The van der Waals surface area contributed by atoms with E-state index in [0.29, 0.717) is 16.8 Å². The van der Waals surface area contributed by atoms with Crippen LogP contribution in [-0.4, -0.2) is 68.9 Å². The van der Waals surface area contributed by atoms with Crippen LogP contribution in [0.15, 0.2) is 34.5 Å². The van der Waals surface area contributed by atoms with Gasteiger partial charge in [0.05, 0.1) is 5.57 Å². The summed E-state index contributed by atoms with van der Waals surface area (Å²) in [5, 5.41) is 0. The molecule has 31 heavy (non-hydrogen) atoms. The molecule has 1 unspecified atom stereocenters. The lowest BCUT2D eigenvalue weighted by atomic mass is 10.0. The molecule has 1 aromatic carbocycles. The first-order valence-corrected chi connectivity index (χ1v) is 10.5. The van der Waals surface area contributed by atoms with Crippen LogP contribution in [0.3, 0.4) is 0 Å². The number of anilines is 1. The number of hydrogen-bond donors (Lipinski definition) is 1. The predicted molar refractivity (Wildman–Crippen MR) is 107 cm³/mol. The molecule has 2 aliphatic heterocycles. The van der Waals surface area contributed by atoms with Crippen molar-refractivity contribution in [3.05, 3.63) is 40.6 Å². The fourth-order valence-corrected chi connectivity index (χ4v) is 3.88. The Morgan fingerprint density at radius 2 is 1.74 bits per heavy atom. The molecule has 1 fully saturated rings. The van der Waals surface area contributed by atoms with Crippen LogP contribution >= 0.6 is 0 Å². The normalized spacial score (nSPS) is 18.2. The number of nitrogens with one attached hydrogen (secondary N) is 1. The number of amides is 2. The fraction of sp³-hybridized carbons (Fsp3) is 0.421. The maximum Gasteiger partial charge on any atom is 0.414 e. The molecule has 0 radical (unpaired) electrons. The second kappa shape index (κ2) is 9.18. The molecule has 0 saturated carbocycles. The summed E-state index contributed by atoms with van der Waals surface area (Å²) in [4.78, 5) is 31.8. The van der Waals surface area contributed by atoms with Gasteiger partial charge in [-0.05, 0) is 43.5 Å². The van der Waals surface area contributed by atoms with Crippen molar-refractivity contribution >= 4 is 35.0 Å². The SMILES string of the molecule is Cc1cc(C(=O)N2CCN(C(=O)C3=C(C(F)(F)F)CCC=N3)CC2)ccc1NS(=O)[O-]. The number of nitrogens with zero attached hydrogens (tertiary/aromatic N) is 3. The van der Waals surface area contributed by atoms with Crippen LogP contribution in [0.25, 0.3) is 0 Å². The van der Waals surface area contributed by atoms with Gasteiger partial charge in [0.2, 0.25) is 0 Å². The highest BCUT2D eigenvalue weighted by Crippen LogP contribution is 2.34. The van der Waals surface area contributed by atoms with Crippen molar-refractivity contribution < 1.29 is 31.5 Å². The van der Waals surface area contributed by atoms with Gasteiger partial charge in [0, 0.05) is 54.9 Å². The molecule has 0 spiro atoms. The second-order valence-electron chi connectivity index (χ2n) is 7.13. The number of aryl methyl sites for hydroxylation is 1. The Hall–Kier alpha value is -2.73. The van der Waals surface area contributed by atoms with Crippen molar-refractivity contribution in [1.82, 2.24) is 9.80 Å². The quantitative estimate of drug-likeness (QED) is 0.700. The molecular formula is C19H20F3N4O4S-. The Bertz CT molecular complexity index is 969. The largest absolute Gasteiger partial charge is 0.755 e. The third-order valence-corrected chi connectivity index (χ3v) is 5.48. The maximum absolute atomic E-state index is 13.2. The molecular weight excluding hydrogens is 437 g/mol. The highest BCUT2D eigenvalue weighted by molar-refractivity contribution is 7.80. The van der Waals surface area contributed by atoms with E-state index in [1.54, 1.807) is 13.0 Å². The number of rotatable bonds is 4. The first-order chi connectivity index (χ1) is 14.6. The third-order valence-electron chi connectivity index (χ3n) is 5.10. The molecule has 0 bridgehead atoms. The van der Waals surface area contributed by atoms with E-state index >= 15 is 0 Å². The molecule has 8 nitrogen and oxygen atoms in total. The molecule has 3 rings (SSSR count). The van der Waals surface area contributed by atoms with Gasteiger partial charge in [0.1, 0.15) is 5.70 Å². The number of hydrogen-bond acceptors (Lipinski definition) is 5. The number of carbonyl (C=O) groups excluding carboxylic acids is 2. The van der Waals surface area contributed by atoms with Crippen LogP contribution in [0.5, 0.6) is 0 Å². The van der Waals surface area contributed by atoms with E-state index in [0.717, 1.165) is 0 Å². The van der Waals surface area contributed by atoms with Crippen LogP contribution < -0.4 is 4.72 Å². The second-order valence-corrected chi connectivity index (χ2v) is 7.80. The first-order valence-electron chi connectivity index (χ1n) is 9.46. The van der Waals surface area contributed by atoms with Gasteiger partial charge in [-0.15, -0.1) is 0 Å². The highest BCUT2D eigenvalue weighted by Gasteiger charge is 2.40. The van der Waals surface area contributed by atoms with Gasteiger partial charge in [-0.25, -0.2) is 0 Å². The van der Waals surface area contributed by atoms with Gasteiger partial charge in [-0.2, -0.15) is 13.2 Å². The Morgan fingerprint density at radius 3 is 2.29 bits per heavy atom. The lowest BCUT2D eigenvalue weighted by Crippen LogP contribution is -2.51. The van der Waals surface area contributed by atoms with E-state index in [-0.39, 0.29) is 44.9 Å². The Morgan fingerprint density at radius 1 is 1.13 bits per heavy atom. The Kier molecular flexibility index (Phi) is 6.80. The lowest BCUT2D eigenvalue weighted by Gasteiger charge is -2.35. The molecule has 2 heterocycles. The zero-order chi connectivity index (χ0) is 22.8. The van der Waals surface area contributed by atoms with Crippen molar-refractivity contribution in [2.75, 3.05) is 30.9 Å². The van der Waals surface area contributed by atoms with Gasteiger partial charge < -0.3 is 19.1 Å². The van der Waals surface area contributed by atoms with Crippen molar-refractivity contribution in [2.45, 2.75) is 25.9 Å². The summed E-state index contributed by atoms with van der Waals surface area (Å²) in [5.41, 5.74) is -0.235. The number of halogens is 3. The Balaban J connectivity index is 1.66. The Labute approximate surface area is 179 Å². The zero-order valence-electron chi connectivity index (χ0n) is 16.6. The van der Waals surface area contributed by atoms with E-state index < -0.39 is 34.6 Å². The van der Waals surface area contributed by atoms with Crippen LogP contribution in [0, 0.1) is 6.92 Å². The molecule has 168 valence electrons. The van der Waals surface area contributed by atoms with Gasteiger partial charge >= 0.3 is 6.18 Å². The predicted octanol–water partition coefficient (Wildman–Crippen LogP) is 2.17. The van der Waals surface area contributed by atoms with Crippen LogP contribution in [-0.2, 0) is 16.1 Å². The van der Waals surface area contributed by atoms with Crippen molar-refractivity contribution in [2.24, 2.45) is 4.99 Å². The molecule has 12 heteroatoms. The van der Waals surface area contributed by atoms with Gasteiger partial charge in [0.15, 0.2) is 0 Å². The van der Waals surface area contributed by atoms with Gasteiger partial charge in [-0.3, -0.25) is 18.8 Å². The standard InChI is InChI=1S/C19H21F3N4O4S/c1-12-11-13(4-5-15(12)24-31(29)30)17(27)25-7-9-26(10-8-25)18(28)16-14(19(20,21)22)3-2-6-23-16/h4-6,11,24H,2-3,7-10H2,1H3,(H,29,30)/p-1. The molecule has 0 aliphatic carbocycles. The molecule has 1 aromatic rings. The minimum atomic E-state index is -4.61. The summed E-state index contributed by atoms with van der Waals surface area (Å²) in [6.07, 6.45) is -3.45. The summed E-state index contributed by atoms with van der Waals surface area (Å²) < 4.78 is 63.4. The van der Waals surface area contributed by atoms with Gasteiger partial charge in [0.25, 0.3) is 11.8 Å². The highest BCUT2D eigenvalue weighted by atomic mass is 32.2. The average molecular weight is 457 g/mol. The topological polar surface area (TPSA) is 105 Å². The monoisotopic (exact) mass is 457 g/mol. The van der Waals surface area contributed by atoms with Crippen molar-refractivity contribution in [3.63, 3.8) is 0 Å². The molecule has 0 aromatic heterocycles. The number of alkyl halides is 3. The number of benzene rings is 1. The summed E-state index contributed by atoms with van der Waals surface area (Å²) in [5.74, 6) is -1.09. The molecule has 2 aliphatic rings. The van der Waals surface area contributed by atoms with Gasteiger partial charge in [-0.1, -0.05) is 0 Å². The van der Waals surface area contributed by atoms with E-state index in [2.05, 4.69) is 9.71 Å². The molecule has 2 amide bonds. The van der Waals surface area contributed by atoms with Crippen LogP contribution in [0.1, 0.15) is 28.8 Å². The van der Waals surface area contributed by atoms with E-state index in [1.165, 1.54) is 28.1 Å². The summed E-state index contributed by atoms with van der Waals surface area (Å²) in [6.45, 7) is 2.14. The fourth-order valence-electron chi connectivity index (χ4n) is 3.47. The van der Waals surface area contributed by atoms with E-state index in [9.17, 15) is 31.5 Å². The number of allylic oxidation sites excluding steroid dienone is 1. The van der Waals surface area contributed by atoms with Crippen molar-refractivity contribution in [3.8, 4) is 0 Å². The minimum absolute atomic E-state index is 0.0858. The lowest BCUT2D eigenvalue weighted by molar-refractivity contribution is -0.130. The zero-order valence-corrected chi connectivity index (χ0v) is 17.4. The number of carbonyl (C=O) groups is 2. The number of aliphatic imine (C=N–C) groups is 1. The van der Waals surface area contributed by atoms with Crippen molar-refractivity contribution in [1.29, 1.82) is 0 Å². The van der Waals surface area contributed by atoms with E-state index in [4.69, 9.17) is 0 Å². The smallest absolute Gasteiger partial charge is 0.414 e. The van der Waals surface area contributed by atoms with Crippen LogP contribution in [0.2, 0.25) is 0 Å². The molecule has 1 atom stereocenters. The number of piperazine rings is 1. The summed E-state index contributed by atoms with van der Waals surface area (Å²) in [6, 6.07) is 4.51. The maximum atomic E-state index is 13.2. The third kappa shape index (κ3) is 5.31. The molecule has 1 N–H and O–H groups in total. The summed E-state index contributed by atoms with van der Waals surface area (Å²) >= 11 is -2.48.